The number of hydrogen-bond donors (Lipinski definition) is 0. The van der Waals surface area contributed by atoms with Crippen molar-refractivity contribution in [3.63, 3.8) is 0 Å². The summed E-state index contributed by atoms with van der Waals surface area (Å²) in [5, 5.41) is 3.89. The first-order valence-corrected chi connectivity index (χ1v) is 8.11. The summed E-state index contributed by atoms with van der Waals surface area (Å²) < 4.78 is 16.0. The molecule has 1 aliphatic carbocycles. The van der Waals surface area contributed by atoms with Crippen LogP contribution in [0.3, 0.4) is 0 Å². The molecule has 0 N–H and O–H groups in total. The Labute approximate surface area is 138 Å². The summed E-state index contributed by atoms with van der Waals surface area (Å²) in [6.45, 7) is 3.50. The van der Waals surface area contributed by atoms with Crippen molar-refractivity contribution in [3.05, 3.63) is 35.5 Å². The van der Waals surface area contributed by atoms with Crippen LogP contribution in [-0.2, 0) is 16.6 Å². The third-order valence-electron chi connectivity index (χ3n) is 5.24. The molecule has 5 rings (SSSR count). The van der Waals surface area contributed by atoms with Gasteiger partial charge in [0.1, 0.15) is 0 Å². The number of aromatic nitrogens is 2. The van der Waals surface area contributed by atoms with E-state index in [-0.39, 0.29) is 18.1 Å². The number of hydrogen-bond acceptors (Lipinski definition) is 6. The first-order valence-electron chi connectivity index (χ1n) is 8.11. The fourth-order valence-corrected chi connectivity index (χ4v) is 3.84. The van der Waals surface area contributed by atoms with Crippen molar-refractivity contribution >= 4 is 5.91 Å². The molecule has 2 aliphatic heterocycles. The number of nitrogens with zero attached hydrogens (tertiary/aromatic N) is 3. The van der Waals surface area contributed by atoms with Gasteiger partial charge in [-0.2, -0.15) is 4.98 Å². The number of amides is 1. The molecular weight excluding hydrogens is 310 g/mol. The van der Waals surface area contributed by atoms with E-state index in [9.17, 15) is 4.79 Å². The van der Waals surface area contributed by atoms with Gasteiger partial charge in [0, 0.05) is 13.1 Å². The van der Waals surface area contributed by atoms with Crippen LogP contribution in [-0.4, -0.2) is 40.8 Å². The second-order valence-electron chi connectivity index (χ2n) is 6.84. The van der Waals surface area contributed by atoms with Crippen LogP contribution in [0.25, 0.3) is 0 Å². The average molecular weight is 327 g/mol. The summed E-state index contributed by atoms with van der Waals surface area (Å²) in [7, 11) is 0. The van der Waals surface area contributed by atoms with Crippen molar-refractivity contribution in [3.8, 4) is 11.5 Å². The number of ether oxygens (including phenoxy) is 2. The third-order valence-corrected chi connectivity index (χ3v) is 5.24. The van der Waals surface area contributed by atoms with Crippen LogP contribution in [0.4, 0.5) is 0 Å². The third kappa shape index (κ3) is 2.00. The van der Waals surface area contributed by atoms with E-state index in [0.29, 0.717) is 36.3 Å². The Bertz CT molecular complexity index is 833. The Morgan fingerprint density at radius 1 is 1.38 bits per heavy atom. The molecule has 1 saturated carbocycles. The number of aryl methyl sites for hydroxylation is 1. The molecule has 1 amide bonds. The summed E-state index contributed by atoms with van der Waals surface area (Å²) >= 11 is 0. The molecule has 3 heterocycles. The van der Waals surface area contributed by atoms with Crippen molar-refractivity contribution in [2.24, 2.45) is 5.92 Å². The van der Waals surface area contributed by atoms with Crippen LogP contribution in [0.1, 0.15) is 23.7 Å². The monoisotopic (exact) mass is 327 g/mol. The van der Waals surface area contributed by atoms with Crippen LogP contribution in [0.5, 0.6) is 11.5 Å². The number of fused-ring (bicyclic) bond motifs is 2. The Kier molecular flexibility index (Phi) is 2.72. The summed E-state index contributed by atoms with van der Waals surface area (Å²) in [5.41, 5.74) is 0.832. The van der Waals surface area contributed by atoms with Gasteiger partial charge in [0.2, 0.25) is 18.6 Å². The summed E-state index contributed by atoms with van der Waals surface area (Å²) in [5.74, 6) is 3.34. The minimum Gasteiger partial charge on any atom is -0.454 e. The van der Waals surface area contributed by atoms with Crippen molar-refractivity contribution in [1.82, 2.24) is 15.0 Å². The van der Waals surface area contributed by atoms with Gasteiger partial charge < -0.3 is 18.9 Å². The molecule has 3 aliphatic rings. The normalized spacial score (nSPS) is 26.5. The second-order valence-corrected chi connectivity index (χ2v) is 6.84. The summed E-state index contributed by atoms with van der Waals surface area (Å²) in [6.07, 6.45) is 1.39. The minimum atomic E-state index is -0.105. The largest absolute Gasteiger partial charge is 0.454 e. The summed E-state index contributed by atoms with van der Waals surface area (Å²) in [6, 6.07) is 5.66. The van der Waals surface area contributed by atoms with E-state index in [1.165, 1.54) is 0 Å². The number of benzene rings is 1. The highest BCUT2D eigenvalue weighted by atomic mass is 16.7. The standard InChI is InChI=1S/C17H17N3O4/c1-10-18-16(24-19-10)17-6-12(17)7-20(8-17)15(21)5-11-2-3-13-14(4-11)23-9-22-13/h2-4,12H,5-9H2,1H3/t12-,17-/m0/s1. The van der Waals surface area contributed by atoms with Crippen molar-refractivity contribution < 1.29 is 18.8 Å². The van der Waals surface area contributed by atoms with Gasteiger partial charge in [-0.05, 0) is 37.0 Å². The van der Waals surface area contributed by atoms with Crippen molar-refractivity contribution in [2.45, 2.75) is 25.2 Å². The van der Waals surface area contributed by atoms with Gasteiger partial charge >= 0.3 is 0 Å². The smallest absolute Gasteiger partial charge is 0.235 e. The Morgan fingerprint density at radius 3 is 3.08 bits per heavy atom. The lowest BCUT2D eigenvalue weighted by Crippen LogP contribution is -2.34. The second kappa shape index (κ2) is 4.72. The van der Waals surface area contributed by atoms with Gasteiger partial charge in [0.25, 0.3) is 0 Å². The molecule has 0 unspecified atom stereocenters. The molecule has 2 fully saturated rings. The topological polar surface area (TPSA) is 77.7 Å². The molecule has 2 aromatic rings. The number of carbonyl (C=O) groups excluding carboxylic acids is 1. The van der Waals surface area contributed by atoms with Crippen LogP contribution < -0.4 is 9.47 Å². The highest BCUT2D eigenvalue weighted by Crippen LogP contribution is 2.58. The van der Waals surface area contributed by atoms with Gasteiger partial charge in [0.05, 0.1) is 11.8 Å². The fourth-order valence-electron chi connectivity index (χ4n) is 3.84. The van der Waals surface area contributed by atoms with E-state index in [4.69, 9.17) is 14.0 Å². The maximum Gasteiger partial charge on any atom is 0.235 e. The van der Waals surface area contributed by atoms with E-state index in [1.807, 2.05) is 30.0 Å². The van der Waals surface area contributed by atoms with Crippen LogP contribution in [0, 0.1) is 12.8 Å². The van der Waals surface area contributed by atoms with Gasteiger partial charge in [0.15, 0.2) is 17.3 Å². The zero-order valence-corrected chi connectivity index (χ0v) is 13.3. The van der Waals surface area contributed by atoms with E-state index in [2.05, 4.69) is 10.1 Å². The van der Waals surface area contributed by atoms with Crippen LogP contribution >= 0.6 is 0 Å². The number of piperidine rings is 1. The van der Waals surface area contributed by atoms with Crippen molar-refractivity contribution in [2.75, 3.05) is 19.9 Å². The Morgan fingerprint density at radius 2 is 2.25 bits per heavy atom. The zero-order chi connectivity index (χ0) is 16.3. The lowest BCUT2D eigenvalue weighted by atomic mass is 10.1. The maximum absolute atomic E-state index is 12.6. The molecule has 124 valence electrons. The predicted octanol–water partition coefficient (Wildman–Crippen LogP) is 1.45. The highest BCUT2D eigenvalue weighted by molar-refractivity contribution is 5.80. The molecule has 2 atom stereocenters. The predicted molar refractivity (Wildman–Crippen MR) is 81.7 cm³/mol. The van der Waals surface area contributed by atoms with E-state index in [1.54, 1.807) is 0 Å². The molecule has 24 heavy (non-hydrogen) atoms. The average Bonchev–Trinajstić information content (AvgIpc) is 2.99. The first-order chi connectivity index (χ1) is 11.6. The molecule has 1 saturated heterocycles. The van der Waals surface area contributed by atoms with Gasteiger partial charge in [-0.1, -0.05) is 11.2 Å². The SMILES string of the molecule is Cc1noc([C@]23C[C@H]2CN(C(=O)Cc2ccc4c(c2)OCO4)C3)n1. The van der Waals surface area contributed by atoms with Gasteiger partial charge in [-0.3, -0.25) is 4.79 Å². The number of likely N-dealkylation sites (tertiary alicyclic amines) is 1. The Balaban J connectivity index is 1.29. The quantitative estimate of drug-likeness (QED) is 0.849. The molecule has 1 aromatic heterocycles. The number of rotatable bonds is 3. The van der Waals surface area contributed by atoms with Crippen LogP contribution in [0.15, 0.2) is 22.7 Å². The van der Waals surface area contributed by atoms with E-state index >= 15 is 0 Å². The lowest BCUT2D eigenvalue weighted by Gasteiger charge is -2.19. The van der Waals surface area contributed by atoms with Gasteiger partial charge in [-0.25, -0.2) is 0 Å². The molecular formula is C17H17N3O4. The lowest BCUT2D eigenvalue weighted by molar-refractivity contribution is -0.130. The first kappa shape index (κ1) is 13.8. The molecule has 1 aromatic carbocycles. The Hall–Kier alpha value is -2.57. The highest BCUT2D eigenvalue weighted by Gasteiger charge is 2.65. The molecule has 0 spiro atoms. The van der Waals surface area contributed by atoms with E-state index in [0.717, 1.165) is 24.3 Å². The maximum atomic E-state index is 12.6. The summed E-state index contributed by atoms with van der Waals surface area (Å²) in [4.78, 5) is 18.9. The molecule has 7 nitrogen and oxygen atoms in total. The molecule has 7 heteroatoms. The van der Waals surface area contributed by atoms with Crippen molar-refractivity contribution in [1.29, 1.82) is 0 Å². The fraction of sp³-hybridized carbons (Fsp3) is 0.471. The molecule has 0 bridgehead atoms. The molecule has 0 radical (unpaired) electrons. The zero-order valence-electron chi connectivity index (χ0n) is 13.3. The van der Waals surface area contributed by atoms with Gasteiger partial charge in [-0.15, -0.1) is 0 Å². The minimum absolute atomic E-state index is 0.105. The van der Waals surface area contributed by atoms with Crippen LogP contribution in [0.2, 0.25) is 0 Å². The van der Waals surface area contributed by atoms with E-state index < -0.39 is 0 Å². The number of carbonyl (C=O) groups is 1.